The van der Waals surface area contributed by atoms with E-state index in [-0.39, 0.29) is 0 Å². The third kappa shape index (κ3) is 2.52. The molecule has 1 heterocycles. The number of hydrogen-bond donors (Lipinski definition) is 1. The number of rotatable bonds is 4. The van der Waals surface area contributed by atoms with Gasteiger partial charge < -0.3 is 10.1 Å². The Morgan fingerprint density at radius 2 is 2.06 bits per heavy atom. The quantitative estimate of drug-likeness (QED) is 0.880. The van der Waals surface area contributed by atoms with Crippen LogP contribution in [0.25, 0.3) is 0 Å². The van der Waals surface area contributed by atoms with Crippen LogP contribution in [0.2, 0.25) is 0 Å². The van der Waals surface area contributed by atoms with Gasteiger partial charge >= 0.3 is 0 Å². The molecule has 0 radical (unpaired) electrons. The molecule has 2 fully saturated rings. The van der Waals surface area contributed by atoms with Gasteiger partial charge in [0.25, 0.3) is 0 Å². The zero-order valence-corrected chi connectivity index (χ0v) is 11.1. The van der Waals surface area contributed by atoms with E-state index in [4.69, 9.17) is 4.74 Å². The number of benzene rings is 1. The number of methoxy groups -OCH3 is 1. The first-order valence-corrected chi connectivity index (χ1v) is 6.97. The van der Waals surface area contributed by atoms with Crippen molar-refractivity contribution in [2.24, 2.45) is 5.92 Å². The van der Waals surface area contributed by atoms with Crippen molar-refractivity contribution in [2.75, 3.05) is 33.3 Å². The summed E-state index contributed by atoms with van der Waals surface area (Å²) in [7, 11) is 1.75. The standard InChI is InChI=1S/C15H22N2O/c1-18-14-4-2-3-13(11-14)15(12-5-6-12)17-9-7-16-8-10-17/h2-4,11-12,15-16H,5-10H2,1H3/t15-/m1/s1. The average Bonchev–Trinajstić information content (AvgIpc) is 3.25. The summed E-state index contributed by atoms with van der Waals surface area (Å²) in [5, 5.41) is 3.44. The van der Waals surface area contributed by atoms with Gasteiger partial charge in [-0.25, -0.2) is 0 Å². The van der Waals surface area contributed by atoms with E-state index in [9.17, 15) is 0 Å². The fourth-order valence-electron chi connectivity index (χ4n) is 2.98. The fourth-order valence-corrected chi connectivity index (χ4v) is 2.98. The highest BCUT2D eigenvalue weighted by molar-refractivity contribution is 5.31. The predicted octanol–water partition coefficient (Wildman–Crippen LogP) is 2.05. The summed E-state index contributed by atoms with van der Waals surface area (Å²) in [6, 6.07) is 9.22. The Morgan fingerprint density at radius 1 is 1.28 bits per heavy atom. The summed E-state index contributed by atoms with van der Waals surface area (Å²) in [4.78, 5) is 2.64. The SMILES string of the molecule is COc1cccc([C@@H](C2CC2)N2CCNCC2)c1. The lowest BCUT2D eigenvalue weighted by molar-refractivity contribution is 0.156. The maximum Gasteiger partial charge on any atom is 0.119 e. The van der Waals surface area contributed by atoms with Gasteiger partial charge in [0.1, 0.15) is 5.75 Å². The van der Waals surface area contributed by atoms with Gasteiger partial charge in [-0.05, 0) is 36.5 Å². The zero-order valence-electron chi connectivity index (χ0n) is 11.1. The maximum absolute atomic E-state index is 5.36. The van der Waals surface area contributed by atoms with Gasteiger partial charge in [0.15, 0.2) is 0 Å². The molecule has 0 unspecified atom stereocenters. The third-order valence-corrected chi connectivity index (χ3v) is 4.05. The number of hydrogen-bond acceptors (Lipinski definition) is 3. The molecule has 18 heavy (non-hydrogen) atoms. The molecule has 0 aromatic heterocycles. The lowest BCUT2D eigenvalue weighted by Crippen LogP contribution is -2.45. The molecule has 1 aromatic carbocycles. The Morgan fingerprint density at radius 3 is 2.72 bits per heavy atom. The summed E-state index contributed by atoms with van der Waals surface area (Å²) in [6.45, 7) is 4.57. The van der Waals surface area contributed by atoms with Gasteiger partial charge in [-0.3, -0.25) is 4.90 Å². The van der Waals surface area contributed by atoms with Crippen molar-refractivity contribution >= 4 is 0 Å². The van der Waals surface area contributed by atoms with Crippen molar-refractivity contribution in [1.29, 1.82) is 0 Å². The molecule has 1 saturated heterocycles. The first-order chi connectivity index (χ1) is 8.88. The van der Waals surface area contributed by atoms with Crippen LogP contribution in [0.1, 0.15) is 24.4 Å². The van der Waals surface area contributed by atoms with Crippen LogP contribution in [0.3, 0.4) is 0 Å². The zero-order chi connectivity index (χ0) is 12.4. The number of piperazine rings is 1. The van der Waals surface area contributed by atoms with Gasteiger partial charge in [0.2, 0.25) is 0 Å². The second-order valence-electron chi connectivity index (χ2n) is 5.34. The lowest BCUT2D eigenvalue weighted by Gasteiger charge is -2.35. The molecule has 3 nitrogen and oxygen atoms in total. The third-order valence-electron chi connectivity index (χ3n) is 4.05. The molecule has 98 valence electrons. The first kappa shape index (κ1) is 12.0. The molecule has 1 saturated carbocycles. The van der Waals surface area contributed by atoms with E-state index in [1.54, 1.807) is 7.11 Å². The van der Waals surface area contributed by atoms with Crippen LogP contribution < -0.4 is 10.1 Å². The molecule has 3 heteroatoms. The molecular formula is C15H22N2O. The molecule has 1 N–H and O–H groups in total. The lowest BCUT2D eigenvalue weighted by atomic mass is 9.99. The molecule has 1 atom stereocenters. The van der Waals surface area contributed by atoms with Crippen LogP contribution >= 0.6 is 0 Å². The van der Waals surface area contributed by atoms with Gasteiger partial charge in [0.05, 0.1) is 7.11 Å². The predicted molar refractivity (Wildman–Crippen MR) is 72.9 cm³/mol. The number of nitrogens with zero attached hydrogens (tertiary/aromatic N) is 1. The summed E-state index contributed by atoms with van der Waals surface area (Å²) < 4.78 is 5.36. The summed E-state index contributed by atoms with van der Waals surface area (Å²) in [5.74, 6) is 1.84. The second-order valence-corrected chi connectivity index (χ2v) is 5.34. The smallest absolute Gasteiger partial charge is 0.119 e. The van der Waals surface area contributed by atoms with E-state index < -0.39 is 0 Å². The number of nitrogens with one attached hydrogen (secondary N) is 1. The van der Waals surface area contributed by atoms with Gasteiger partial charge in [-0.15, -0.1) is 0 Å². The van der Waals surface area contributed by atoms with Crippen molar-refractivity contribution in [3.8, 4) is 5.75 Å². The molecule has 0 spiro atoms. The largest absolute Gasteiger partial charge is 0.497 e. The van der Waals surface area contributed by atoms with Gasteiger partial charge in [-0.2, -0.15) is 0 Å². The van der Waals surface area contributed by atoms with Crippen LogP contribution in [0.5, 0.6) is 5.75 Å². The van der Waals surface area contributed by atoms with Crippen molar-refractivity contribution in [3.63, 3.8) is 0 Å². The molecule has 1 aromatic rings. The Balaban J connectivity index is 1.83. The van der Waals surface area contributed by atoms with E-state index in [2.05, 4.69) is 28.4 Å². The Hall–Kier alpha value is -1.06. The summed E-state index contributed by atoms with van der Waals surface area (Å²) >= 11 is 0. The van der Waals surface area contributed by atoms with Crippen LogP contribution in [0.4, 0.5) is 0 Å². The van der Waals surface area contributed by atoms with Crippen LogP contribution in [-0.2, 0) is 0 Å². The number of ether oxygens (including phenoxy) is 1. The van der Waals surface area contributed by atoms with E-state index in [1.165, 1.54) is 31.5 Å². The van der Waals surface area contributed by atoms with Crippen LogP contribution in [-0.4, -0.2) is 38.2 Å². The van der Waals surface area contributed by atoms with Crippen molar-refractivity contribution in [2.45, 2.75) is 18.9 Å². The highest BCUT2D eigenvalue weighted by Gasteiger charge is 2.36. The van der Waals surface area contributed by atoms with Crippen molar-refractivity contribution in [3.05, 3.63) is 29.8 Å². The molecule has 1 aliphatic carbocycles. The second kappa shape index (κ2) is 5.29. The first-order valence-electron chi connectivity index (χ1n) is 6.97. The molecule has 3 rings (SSSR count). The van der Waals surface area contributed by atoms with E-state index in [0.29, 0.717) is 6.04 Å². The molecule has 1 aliphatic heterocycles. The van der Waals surface area contributed by atoms with Gasteiger partial charge in [0, 0.05) is 32.2 Å². The Kier molecular flexibility index (Phi) is 3.52. The average molecular weight is 246 g/mol. The minimum atomic E-state index is 0.599. The Labute approximate surface area is 109 Å². The van der Waals surface area contributed by atoms with E-state index >= 15 is 0 Å². The highest BCUT2D eigenvalue weighted by Crippen LogP contribution is 2.45. The van der Waals surface area contributed by atoms with Gasteiger partial charge in [-0.1, -0.05) is 12.1 Å². The van der Waals surface area contributed by atoms with Crippen molar-refractivity contribution < 1.29 is 4.74 Å². The van der Waals surface area contributed by atoms with Crippen LogP contribution in [0.15, 0.2) is 24.3 Å². The van der Waals surface area contributed by atoms with E-state index in [0.717, 1.165) is 24.8 Å². The highest BCUT2D eigenvalue weighted by atomic mass is 16.5. The topological polar surface area (TPSA) is 24.5 Å². The summed E-state index contributed by atoms with van der Waals surface area (Å²) in [6.07, 6.45) is 2.76. The monoisotopic (exact) mass is 246 g/mol. The normalized spacial score (nSPS) is 22.7. The molecule has 2 aliphatic rings. The minimum Gasteiger partial charge on any atom is -0.497 e. The minimum absolute atomic E-state index is 0.599. The van der Waals surface area contributed by atoms with E-state index in [1.807, 2.05) is 6.07 Å². The van der Waals surface area contributed by atoms with Crippen molar-refractivity contribution in [1.82, 2.24) is 10.2 Å². The van der Waals surface area contributed by atoms with Crippen LogP contribution in [0, 0.1) is 5.92 Å². The fraction of sp³-hybridized carbons (Fsp3) is 0.600. The maximum atomic E-state index is 5.36. The molecular weight excluding hydrogens is 224 g/mol. The Bertz CT molecular complexity index is 397. The summed E-state index contributed by atoms with van der Waals surface area (Å²) in [5.41, 5.74) is 1.43. The molecule has 0 amide bonds. The molecule has 0 bridgehead atoms.